The largest absolute Gasteiger partial charge is 0.324 e. The Morgan fingerprint density at radius 3 is 2.85 bits per heavy atom. The Bertz CT molecular complexity index is 603. The van der Waals surface area contributed by atoms with Gasteiger partial charge in [-0.25, -0.2) is 9.97 Å². The predicted octanol–water partition coefficient (Wildman–Crippen LogP) is 2.28. The highest BCUT2D eigenvalue weighted by molar-refractivity contribution is 9.10. The van der Waals surface area contributed by atoms with Crippen molar-refractivity contribution < 1.29 is 4.79 Å². The lowest BCUT2D eigenvalue weighted by molar-refractivity contribution is -0.115. The van der Waals surface area contributed by atoms with E-state index in [1.54, 1.807) is 6.20 Å². The molecule has 104 valence electrons. The summed E-state index contributed by atoms with van der Waals surface area (Å²) >= 11 is 3.39. The van der Waals surface area contributed by atoms with Crippen molar-refractivity contribution in [3.05, 3.63) is 52.5 Å². The number of aryl methyl sites for hydroxylation is 1. The molecule has 5 nitrogen and oxygen atoms in total. The Morgan fingerprint density at radius 2 is 2.10 bits per heavy atom. The molecule has 1 aromatic carbocycles. The van der Waals surface area contributed by atoms with Crippen molar-refractivity contribution in [1.82, 2.24) is 15.3 Å². The van der Waals surface area contributed by atoms with Gasteiger partial charge in [0.1, 0.15) is 5.82 Å². The molecule has 20 heavy (non-hydrogen) atoms. The first-order valence-corrected chi connectivity index (χ1v) is 6.98. The number of rotatable bonds is 5. The second-order valence-electron chi connectivity index (χ2n) is 4.23. The Balaban J connectivity index is 1.80. The fourth-order valence-corrected chi connectivity index (χ4v) is 2.05. The van der Waals surface area contributed by atoms with Gasteiger partial charge in [-0.15, -0.1) is 0 Å². The molecule has 0 fully saturated rings. The fraction of sp³-hybridized carbons (Fsp3) is 0.214. The second kappa shape index (κ2) is 7.12. The highest BCUT2D eigenvalue weighted by atomic mass is 79.9. The van der Waals surface area contributed by atoms with E-state index in [1.807, 2.05) is 37.3 Å². The van der Waals surface area contributed by atoms with E-state index >= 15 is 0 Å². The van der Waals surface area contributed by atoms with E-state index in [-0.39, 0.29) is 12.5 Å². The summed E-state index contributed by atoms with van der Waals surface area (Å²) in [6.07, 6.45) is 1.71. The van der Waals surface area contributed by atoms with Crippen molar-refractivity contribution in [2.24, 2.45) is 0 Å². The van der Waals surface area contributed by atoms with E-state index in [2.05, 4.69) is 36.5 Å². The molecular weight excluding hydrogens is 320 g/mol. The summed E-state index contributed by atoms with van der Waals surface area (Å²) in [5.74, 6) is 0.629. The Morgan fingerprint density at radius 1 is 1.30 bits per heavy atom. The minimum atomic E-state index is -0.0947. The normalized spacial score (nSPS) is 10.3. The molecule has 6 heteroatoms. The summed E-state index contributed by atoms with van der Waals surface area (Å²) in [5.41, 5.74) is 1.63. The molecule has 0 bridgehead atoms. The van der Waals surface area contributed by atoms with Crippen LogP contribution in [0.5, 0.6) is 0 Å². The minimum Gasteiger partial charge on any atom is -0.324 e. The van der Waals surface area contributed by atoms with Gasteiger partial charge >= 0.3 is 0 Å². The molecule has 2 N–H and O–H groups in total. The maximum Gasteiger partial charge on any atom is 0.238 e. The highest BCUT2D eigenvalue weighted by Crippen LogP contribution is 2.20. The molecule has 0 saturated carbocycles. The molecule has 1 amide bonds. The Kier molecular flexibility index (Phi) is 5.20. The Labute approximate surface area is 126 Å². The third-order valence-corrected chi connectivity index (χ3v) is 3.26. The number of halogens is 1. The number of hydrogen-bond donors (Lipinski definition) is 2. The third-order valence-electron chi connectivity index (χ3n) is 2.57. The minimum absolute atomic E-state index is 0.0947. The van der Waals surface area contributed by atoms with Gasteiger partial charge in [-0.2, -0.15) is 0 Å². The van der Waals surface area contributed by atoms with Crippen LogP contribution in [0.3, 0.4) is 0 Å². The first-order valence-electron chi connectivity index (χ1n) is 6.19. The summed E-state index contributed by atoms with van der Waals surface area (Å²) in [5, 5.41) is 5.88. The first-order chi connectivity index (χ1) is 9.65. The van der Waals surface area contributed by atoms with Crippen LogP contribution in [-0.2, 0) is 11.3 Å². The van der Waals surface area contributed by atoms with Crippen LogP contribution in [-0.4, -0.2) is 22.4 Å². The van der Waals surface area contributed by atoms with Crippen LogP contribution in [0.25, 0.3) is 0 Å². The molecule has 0 aliphatic rings. The Hall–Kier alpha value is -1.79. The molecule has 0 spiro atoms. The number of anilines is 1. The van der Waals surface area contributed by atoms with Gasteiger partial charge in [0, 0.05) is 17.2 Å². The van der Waals surface area contributed by atoms with Gasteiger partial charge in [-0.05, 0) is 41.1 Å². The molecule has 1 aromatic heterocycles. The highest BCUT2D eigenvalue weighted by Gasteiger charge is 2.04. The molecule has 2 aromatic rings. The van der Waals surface area contributed by atoms with Crippen LogP contribution in [0.4, 0.5) is 5.69 Å². The summed E-state index contributed by atoms with van der Waals surface area (Å²) in [6, 6.07) is 9.32. The molecule has 1 heterocycles. The van der Waals surface area contributed by atoms with E-state index in [1.165, 1.54) is 0 Å². The van der Waals surface area contributed by atoms with Gasteiger partial charge in [0.25, 0.3) is 0 Å². The number of carbonyl (C=O) groups is 1. The van der Waals surface area contributed by atoms with Crippen LogP contribution in [0.1, 0.15) is 11.5 Å². The number of aromatic nitrogens is 2. The van der Waals surface area contributed by atoms with Crippen molar-refractivity contribution in [3.63, 3.8) is 0 Å². The van der Waals surface area contributed by atoms with Crippen LogP contribution in [0, 0.1) is 6.92 Å². The summed E-state index contributed by atoms with van der Waals surface area (Å²) < 4.78 is 0.861. The van der Waals surface area contributed by atoms with E-state index in [0.29, 0.717) is 6.54 Å². The number of hydrogen-bond acceptors (Lipinski definition) is 4. The zero-order valence-electron chi connectivity index (χ0n) is 11.1. The van der Waals surface area contributed by atoms with E-state index < -0.39 is 0 Å². The molecule has 0 aliphatic carbocycles. The van der Waals surface area contributed by atoms with Crippen LogP contribution >= 0.6 is 15.9 Å². The molecule has 2 rings (SSSR count). The van der Waals surface area contributed by atoms with Gasteiger partial charge in [0.15, 0.2) is 0 Å². The SMILES string of the molecule is Cc1nccc(CNCC(=O)Nc2ccccc2Br)n1. The van der Waals surface area contributed by atoms with Crippen molar-refractivity contribution in [1.29, 1.82) is 0 Å². The van der Waals surface area contributed by atoms with Crippen LogP contribution < -0.4 is 10.6 Å². The van der Waals surface area contributed by atoms with Crippen molar-refractivity contribution in [2.75, 3.05) is 11.9 Å². The number of nitrogens with zero attached hydrogens (tertiary/aromatic N) is 2. The van der Waals surface area contributed by atoms with Crippen molar-refractivity contribution >= 4 is 27.5 Å². The van der Waals surface area contributed by atoms with Crippen LogP contribution in [0.2, 0.25) is 0 Å². The molecule has 0 saturated heterocycles. The fourth-order valence-electron chi connectivity index (χ4n) is 1.66. The van der Waals surface area contributed by atoms with Crippen molar-refractivity contribution in [3.8, 4) is 0 Å². The predicted molar refractivity (Wildman–Crippen MR) is 81.2 cm³/mol. The topological polar surface area (TPSA) is 66.9 Å². The maximum atomic E-state index is 11.8. The van der Waals surface area contributed by atoms with Gasteiger partial charge in [0.05, 0.1) is 17.9 Å². The van der Waals surface area contributed by atoms with E-state index in [9.17, 15) is 4.79 Å². The van der Waals surface area contributed by atoms with Crippen LogP contribution in [0.15, 0.2) is 41.0 Å². The number of carbonyl (C=O) groups excluding carboxylic acids is 1. The first kappa shape index (κ1) is 14.6. The maximum absolute atomic E-state index is 11.8. The third kappa shape index (κ3) is 4.40. The second-order valence-corrected chi connectivity index (χ2v) is 5.08. The van der Waals surface area contributed by atoms with Gasteiger partial charge < -0.3 is 10.6 Å². The summed E-state index contributed by atoms with van der Waals surface area (Å²) in [4.78, 5) is 20.1. The summed E-state index contributed by atoms with van der Waals surface area (Å²) in [7, 11) is 0. The molecule has 0 radical (unpaired) electrons. The van der Waals surface area contributed by atoms with E-state index in [0.717, 1.165) is 21.7 Å². The zero-order chi connectivity index (χ0) is 14.4. The van der Waals surface area contributed by atoms with Crippen molar-refractivity contribution in [2.45, 2.75) is 13.5 Å². The average molecular weight is 335 g/mol. The lowest BCUT2D eigenvalue weighted by atomic mass is 10.3. The molecule has 0 unspecified atom stereocenters. The quantitative estimate of drug-likeness (QED) is 0.880. The number of benzene rings is 1. The standard InChI is InChI=1S/C14H15BrN4O/c1-10-17-7-6-11(18-10)8-16-9-14(20)19-13-5-3-2-4-12(13)15/h2-7,16H,8-9H2,1H3,(H,19,20). The zero-order valence-corrected chi connectivity index (χ0v) is 12.6. The lowest BCUT2D eigenvalue weighted by Crippen LogP contribution is -2.28. The average Bonchev–Trinajstić information content (AvgIpc) is 2.41. The molecule has 0 atom stereocenters. The number of para-hydroxylation sites is 1. The van der Waals surface area contributed by atoms with E-state index in [4.69, 9.17) is 0 Å². The van der Waals surface area contributed by atoms with Gasteiger partial charge in [-0.3, -0.25) is 4.79 Å². The molecule has 0 aliphatic heterocycles. The number of nitrogens with one attached hydrogen (secondary N) is 2. The smallest absolute Gasteiger partial charge is 0.238 e. The van der Waals surface area contributed by atoms with Gasteiger partial charge in [0.2, 0.25) is 5.91 Å². The monoisotopic (exact) mass is 334 g/mol. The number of amides is 1. The summed E-state index contributed by atoms with van der Waals surface area (Å²) in [6.45, 7) is 2.60. The van der Waals surface area contributed by atoms with Gasteiger partial charge in [-0.1, -0.05) is 12.1 Å². The molecular formula is C14H15BrN4O. The lowest BCUT2D eigenvalue weighted by Gasteiger charge is -2.08.